The largest absolute Gasteiger partial charge is 0.409 e. The van der Waals surface area contributed by atoms with Crippen molar-refractivity contribution in [2.24, 2.45) is 16.8 Å². The predicted octanol–water partition coefficient (Wildman–Crippen LogP) is 2.31. The van der Waals surface area contributed by atoms with Crippen LogP contribution >= 0.6 is 11.3 Å². The smallest absolute Gasteiger partial charge is 0.231 e. The summed E-state index contributed by atoms with van der Waals surface area (Å²) in [6, 6.07) is 1.99. The molecule has 0 aliphatic carbocycles. The van der Waals surface area contributed by atoms with Crippen molar-refractivity contribution in [1.29, 1.82) is 0 Å². The lowest BCUT2D eigenvalue weighted by Gasteiger charge is -2.18. The minimum atomic E-state index is -0.590. The van der Waals surface area contributed by atoms with Crippen LogP contribution in [0.4, 0.5) is 0 Å². The standard InChI is InChI=1S/C13H21N3O2S/c1-5-10(12(14)16-18)13(17)15-8(3)11-6-7(2)19-9(11)4/h6,8,10,18H,5H2,1-4H3,(H2,14,16)(H,15,17). The molecule has 0 fully saturated rings. The molecule has 4 N–H and O–H groups in total. The number of hydrogen-bond acceptors (Lipinski definition) is 4. The van der Waals surface area contributed by atoms with Gasteiger partial charge in [-0.15, -0.1) is 11.3 Å². The number of oxime groups is 1. The van der Waals surface area contributed by atoms with Gasteiger partial charge in [-0.1, -0.05) is 12.1 Å². The monoisotopic (exact) mass is 283 g/mol. The minimum absolute atomic E-state index is 0.0505. The molecule has 0 saturated carbocycles. The van der Waals surface area contributed by atoms with Crippen LogP contribution in [0.25, 0.3) is 0 Å². The molecule has 5 nitrogen and oxygen atoms in total. The number of hydrogen-bond donors (Lipinski definition) is 3. The fraction of sp³-hybridized carbons (Fsp3) is 0.538. The van der Waals surface area contributed by atoms with E-state index < -0.39 is 5.92 Å². The van der Waals surface area contributed by atoms with E-state index in [1.54, 1.807) is 11.3 Å². The van der Waals surface area contributed by atoms with E-state index in [0.717, 1.165) is 5.56 Å². The molecule has 2 atom stereocenters. The zero-order chi connectivity index (χ0) is 14.6. The Labute approximate surface area is 117 Å². The summed E-state index contributed by atoms with van der Waals surface area (Å²) in [6.07, 6.45) is 0.496. The summed E-state index contributed by atoms with van der Waals surface area (Å²) in [4.78, 5) is 14.5. The van der Waals surface area contributed by atoms with Crippen LogP contribution in [-0.4, -0.2) is 17.0 Å². The number of amides is 1. The fourth-order valence-corrected chi connectivity index (χ4v) is 3.09. The second kappa shape index (κ2) is 6.56. The summed E-state index contributed by atoms with van der Waals surface area (Å²) in [5.74, 6) is -0.855. The Morgan fingerprint density at radius 1 is 1.58 bits per heavy atom. The summed E-state index contributed by atoms with van der Waals surface area (Å²) in [6.45, 7) is 7.84. The van der Waals surface area contributed by atoms with Crippen LogP contribution in [0.2, 0.25) is 0 Å². The van der Waals surface area contributed by atoms with Crippen molar-refractivity contribution in [2.75, 3.05) is 0 Å². The van der Waals surface area contributed by atoms with Gasteiger partial charge < -0.3 is 16.3 Å². The highest BCUT2D eigenvalue weighted by molar-refractivity contribution is 7.12. The molecule has 1 aromatic rings. The lowest BCUT2D eigenvalue weighted by atomic mass is 10.0. The highest BCUT2D eigenvalue weighted by Crippen LogP contribution is 2.26. The first-order valence-electron chi connectivity index (χ1n) is 6.25. The predicted molar refractivity (Wildman–Crippen MR) is 77.5 cm³/mol. The number of nitrogens with zero attached hydrogens (tertiary/aromatic N) is 1. The lowest BCUT2D eigenvalue weighted by Crippen LogP contribution is -2.39. The van der Waals surface area contributed by atoms with Gasteiger partial charge >= 0.3 is 0 Å². The molecule has 0 saturated heterocycles. The van der Waals surface area contributed by atoms with Crippen LogP contribution in [0.1, 0.15) is 41.6 Å². The van der Waals surface area contributed by atoms with Crippen molar-refractivity contribution in [3.8, 4) is 0 Å². The van der Waals surface area contributed by atoms with E-state index in [-0.39, 0.29) is 17.8 Å². The highest BCUT2D eigenvalue weighted by atomic mass is 32.1. The normalized spacial score (nSPS) is 15.1. The van der Waals surface area contributed by atoms with Crippen molar-refractivity contribution in [1.82, 2.24) is 5.32 Å². The maximum atomic E-state index is 12.1. The van der Waals surface area contributed by atoms with Gasteiger partial charge in [0, 0.05) is 9.75 Å². The van der Waals surface area contributed by atoms with E-state index in [0.29, 0.717) is 6.42 Å². The van der Waals surface area contributed by atoms with Crippen molar-refractivity contribution in [3.63, 3.8) is 0 Å². The maximum absolute atomic E-state index is 12.1. The van der Waals surface area contributed by atoms with Crippen LogP contribution in [0.15, 0.2) is 11.2 Å². The third-order valence-electron chi connectivity index (χ3n) is 3.10. The number of rotatable bonds is 5. The first kappa shape index (κ1) is 15.5. The van der Waals surface area contributed by atoms with Gasteiger partial charge in [-0.25, -0.2) is 0 Å². The van der Waals surface area contributed by atoms with Crippen LogP contribution in [0, 0.1) is 19.8 Å². The third-order valence-corrected chi connectivity index (χ3v) is 4.08. The molecule has 1 heterocycles. The molecule has 1 aromatic heterocycles. The fourth-order valence-electron chi connectivity index (χ4n) is 2.07. The highest BCUT2D eigenvalue weighted by Gasteiger charge is 2.23. The summed E-state index contributed by atoms with van der Waals surface area (Å²) in [5.41, 5.74) is 6.63. The third kappa shape index (κ3) is 3.70. The van der Waals surface area contributed by atoms with Gasteiger partial charge in [-0.05, 0) is 38.8 Å². The molecule has 0 spiro atoms. The van der Waals surface area contributed by atoms with Gasteiger partial charge in [0.2, 0.25) is 5.91 Å². The van der Waals surface area contributed by atoms with E-state index in [2.05, 4.69) is 16.5 Å². The van der Waals surface area contributed by atoms with Crippen LogP contribution in [0.3, 0.4) is 0 Å². The van der Waals surface area contributed by atoms with E-state index in [9.17, 15) is 4.79 Å². The van der Waals surface area contributed by atoms with Gasteiger partial charge in [0.15, 0.2) is 5.84 Å². The van der Waals surface area contributed by atoms with Crippen LogP contribution in [0.5, 0.6) is 0 Å². The van der Waals surface area contributed by atoms with E-state index in [1.807, 2.05) is 27.7 Å². The van der Waals surface area contributed by atoms with Gasteiger partial charge in [0.25, 0.3) is 0 Å². The molecule has 0 aliphatic rings. The molecular weight excluding hydrogens is 262 g/mol. The molecule has 0 radical (unpaired) electrons. The van der Waals surface area contributed by atoms with Gasteiger partial charge in [-0.2, -0.15) is 0 Å². The Bertz CT molecular complexity index is 482. The van der Waals surface area contributed by atoms with Gasteiger partial charge in [0.05, 0.1) is 12.0 Å². The quantitative estimate of drug-likeness (QED) is 0.335. The number of nitrogens with one attached hydrogen (secondary N) is 1. The average Bonchev–Trinajstić information content (AvgIpc) is 2.69. The summed E-state index contributed by atoms with van der Waals surface area (Å²) in [7, 11) is 0. The summed E-state index contributed by atoms with van der Waals surface area (Å²) >= 11 is 1.71. The van der Waals surface area contributed by atoms with Crippen LogP contribution < -0.4 is 11.1 Å². The molecule has 19 heavy (non-hydrogen) atoms. The Morgan fingerprint density at radius 2 is 2.21 bits per heavy atom. The molecule has 0 bridgehead atoms. The average molecular weight is 283 g/mol. The second-order valence-electron chi connectivity index (χ2n) is 4.58. The molecule has 0 aliphatic heterocycles. The molecule has 1 rings (SSSR count). The number of thiophene rings is 1. The zero-order valence-electron chi connectivity index (χ0n) is 11.7. The Morgan fingerprint density at radius 3 is 2.63 bits per heavy atom. The molecule has 6 heteroatoms. The van der Waals surface area contributed by atoms with Gasteiger partial charge in [0.1, 0.15) is 0 Å². The number of carbonyl (C=O) groups is 1. The molecular formula is C13H21N3O2S. The van der Waals surface area contributed by atoms with Crippen molar-refractivity contribution in [3.05, 3.63) is 21.4 Å². The van der Waals surface area contributed by atoms with Crippen molar-refractivity contribution in [2.45, 2.75) is 40.2 Å². The molecule has 2 unspecified atom stereocenters. The second-order valence-corrected chi connectivity index (χ2v) is 6.05. The van der Waals surface area contributed by atoms with E-state index >= 15 is 0 Å². The topological polar surface area (TPSA) is 87.7 Å². The Kier molecular flexibility index (Phi) is 5.35. The van der Waals surface area contributed by atoms with Crippen molar-refractivity contribution >= 4 is 23.1 Å². The Balaban J connectivity index is 2.79. The van der Waals surface area contributed by atoms with Crippen LogP contribution in [-0.2, 0) is 4.79 Å². The van der Waals surface area contributed by atoms with E-state index in [4.69, 9.17) is 10.9 Å². The number of aryl methyl sites for hydroxylation is 2. The zero-order valence-corrected chi connectivity index (χ0v) is 12.5. The molecule has 1 amide bonds. The first-order valence-corrected chi connectivity index (χ1v) is 7.07. The first-order chi connectivity index (χ1) is 8.90. The number of amidine groups is 1. The van der Waals surface area contributed by atoms with E-state index in [1.165, 1.54) is 9.75 Å². The maximum Gasteiger partial charge on any atom is 0.231 e. The summed E-state index contributed by atoms with van der Waals surface area (Å²) < 4.78 is 0. The molecule has 106 valence electrons. The minimum Gasteiger partial charge on any atom is -0.409 e. The summed E-state index contributed by atoms with van der Waals surface area (Å²) in [5, 5.41) is 14.5. The van der Waals surface area contributed by atoms with Gasteiger partial charge in [-0.3, -0.25) is 4.79 Å². The Hall–Kier alpha value is -1.56. The number of carbonyl (C=O) groups excluding carboxylic acids is 1. The lowest BCUT2D eigenvalue weighted by molar-refractivity contribution is -0.123. The molecule has 0 aromatic carbocycles. The SMILES string of the molecule is CCC(C(=O)NC(C)c1cc(C)sc1C)C(N)=NO. The number of nitrogens with two attached hydrogens (primary N) is 1. The van der Waals surface area contributed by atoms with Crippen molar-refractivity contribution < 1.29 is 10.0 Å².